The van der Waals surface area contributed by atoms with Gasteiger partial charge in [-0.1, -0.05) is 24.3 Å². The van der Waals surface area contributed by atoms with E-state index in [9.17, 15) is 22.8 Å². The van der Waals surface area contributed by atoms with Crippen LogP contribution in [0.3, 0.4) is 0 Å². The summed E-state index contributed by atoms with van der Waals surface area (Å²) in [7, 11) is 1.47. The normalized spacial score (nSPS) is 14.4. The van der Waals surface area contributed by atoms with E-state index in [0.717, 1.165) is 6.07 Å². The van der Waals surface area contributed by atoms with Crippen molar-refractivity contribution >= 4 is 22.4 Å². The smallest absolute Gasteiger partial charge is 0.417 e. The quantitative estimate of drug-likeness (QED) is 0.720. The maximum absolute atomic E-state index is 13.3. The first-order valence-electron chi connectivity index (χ1n) is 8.67. The van der Waals surface area contributed by atoms with Crippen LogP contribution in [0.1, 0.15) is 5.56 Å². The largest absolute Gasteiger partial charge is 0.499 e. The highest BCUT2D eigenvalue weighted by atomic mass is 19.4. The van der Waals surface area contributed by atoms with E-state index < -0.39 is 17.3 Å². The molecule has 1 aliphatic rings. The average molecular weight is 400 g/mol. The van der Waals surface area contributed by atoms with Gasteiger partial charge in [0.1, 0.15) is 5.76 Å². The minimum atomic E-state index is -4.55. The Labute approximate surface area is 163 Å². The minimum Gasteiger partial charge on any atom is -0.499 e. The molecule has 0 fully saturated rings. The number of rotatable bonds is 3. The summed E-state index contributed by atoms with van der Waals surface area (Å²) >= 11 is 0. The lowest BCUT2D eigenvalue weighted by Crippen LogP contribution is -2.25. The first-order valence-corrected chi connectivity index (χ1v) is 8.67. The lowest BCUT2D eigenvalue weighted by atomic mass is 10.0. The van der Waals surface area contributed by atoms with Crippen molar-refractivity contribution < 1.29 is 22.7 Å². The molecule has 0 saturated carbocycles. The number of H-pyrrole nitrogens is 1. The van der Waals surface area contributed by atoms with E-state index in [1.165, 1.54) is 48.4 Å². The van der Waals surface area contributed by atoms with Crippen LogP contribution in [0.25, 0.3) is 22.0 Å². The molecule has 0 radical (unpaired) electrons. The molecule has 2 heterocycles. The number of aromatic amines is 1. The first-order chi connectivity index (χ1) is 13.8. The third-order valence-electron chi connectivity index (χ3n) is 4.79. The predicted octanol–water partition coefficient (Wildman–Crippen LogP) is 4.09. The van der Waals surface area contributed by atoms with Crippen LogP contribution in [0.4, 0.5) is 18.9 Å². The number of amides is 1. The predicted molar refractivity (Wildman–Crippen MR) is 102 cm³/mol. The number of benzene rings is 2. The molecule has 1 amide bonds. The number of aromatic nitrogens is 1. The number of nitrogens with zero attached hydrogens (tertiary/aromatic N) is 1. The molecular formula is C21H15F3N2O3. The van der Waals surface area contributed by atoms with E-state index in [-0.39, 0.29) is 29.1 Å². The Kier molecular flexibility index (Phi) is 4.41. The van der Waals surface area contributed by atoms with Gasteiger partial charge in [-0.2, -0.15) is 13.2 Å². The van der Waals surface area contributed by atoms with Crippen LogP contribution in [-0.2, 0) is 15.7 Å². The molecule has 5 nitrogen and oxygen atoms in total. The molecule has 1 N–H and O–H groups in total. The molecule has 0 saturated heterocycles. The summed E-state index contributed by atoms with van der Waals surface area (Å²) in [5.74, 6) is 0.233. The van der Waals surface area contributed by atoms with Crippen molar-refractivity contribution in [1.29, 1.82) is 0 Å². The van der Waals surface area contributed by atoms with Crippen molar-refractivity contribution in [2.45, 2.75) is 6.18 Å². The number of anilines is 1. The first kappa shape index (κ1) is 18.8. The maximum Gasteiger partial charge on any atom is 0.417 e. The van der Waals surface area contributed by atoms with E-state index >= 15 is 0 Å². The highest BCUT2D eigenvalue weighted by Gasteiger charge is 2.33. The Morgan fingerprint density at radius 1 is 1.07 bits per heavy atom. The van der Waals surface area contributed by atoms with Crippen LogP contribution in [-0.4, -0.2) is 24.5 Å². The van der Waals surface area contributed by atoms with Gasteiger partial charge in [-0.25, -0.2) is 0 Å². The zero-order chi connectivity index (χ0) is 20.8. The average Bonchev–Trinajstić information content (AvgIpc) is 3.08. The summed E-state index contributed by atoms with van der Waals surface area (Å²) in [6.45, 7) is 0.246. The molecule has 0 spiro atoms. The zero-order valence-electron chi connectivity index (χ0n) is 15.2. The number of hydrogen-bond acceptors (Lipinski definition) is 3. The lowest BCUT2D eigenvalue weighted by molar-refractivity contribution is -0.137. The van der Waals surface area contributed by atoms with Gasteiger partial charge in [0.05, 0.1) is 19.2 Å². The number of hydrogen-bond donors (Lipinski definition) is 1. The summed E-state index contributed by atoms with van der Waals surface area (Å²) in [6, 6.07) is 11.4. The van der Waals surface area contributed by atoms with Crippen LogP contribution < -0.4 is 10.5 Å². The van der Waals surface area contributed by atoms with Crippen molar-refractivity contribution in [2.75, 3.05) is 18.6 Å². The van der Waals surface area contributed by atoms with Crippen molar-refractivity contribution in [3.63, 3.8) is 0 Å². The van der Waals surface area contributed by atoms with E-state index in [1.54, 1.807) is 12.1 Å². The van der Waals surface area contributed by atoms with Crippen molar-refractivity contribution in [1.82, 2.24) is 4.98 Å². The topological polar surface area (TPSA) is 62.4 Å². The summed E-state index contributed by atoms with van der Waals surface area (Å²) in [4.78, 5) is 28.7. The molecular weight excluding hydrogens is 385 g/mol. The van der Waals surface area contributed by atoms with Crippen LogP contribution >= 0.6 is 0 Å². The SMILES string of the molecule is COC1=CC(=O)N(c2ccc3cc(-c4ccccc4C(F)(F)F)[nH]c(=O)c3c2)C1. The number of halogens is 3. The summed E-state index contributed by atoms with van der Waals surface area (Å²) in [5, 5.41) is 0.741. The Morgan fingerprint density at radius 2 is 1.83 bits per heavy atom. The van der Waals surface area contributed by atoms with Crippen LogP contribution in [0.15, 0.2) is 65.2 Å². The molecule has 0 bridgehead atoms. The second-order valence-electron chi connectivity index (χ2n) is 6.57. The van der Waals surface area contributed by atoms with Gasteiger partial charge in [0, 0.05) is 28.4 Å². The molecule has 0 atom stereocenters. The van der Waals surface area contributed by atoms with Crippen LogP contribution in [0.2, 0.25) is 0 Å². The molecule has 1 aromatic heterocycles. The fourth-order valence-electron chi connectivity index (χ4n) is 3.36. The molecule has 0 aliphatic carbocycles. The van der Waals surface area contributed by atoms with Gasteiger partial charge in [-0.05, 0) is 29.7 Å². The van der Waals surface area contributed by atoms with Gasteiger partial charge in [-0.3, -0.25) is 9.59 Å². The monoisotopic (exact) mass is 400 g/mol. The second kappa shape index (κ2) is 6.80. The number of carbonyl (C=O) groups is 1. The van der Waals surface area contributed by atoms with E-state index in [4.69, 9.17) is 4.74 Å². The Morgan fingerprint density at radius 3 is 2.52 bits per heavy atom. The molecule has 4 rings (SSSR count). The fourth-order valence-corrected chi connectivity index (χ4v) is 3.36. The number of methoxy groups -OCH3 is 1. The maximum atomic E-state index is 13.3. The third kappa shape index (κ3) is 3.37. The molecule has 29 heavy (non-hydrogen) atoms. The number of pyridine rings is 1. The van der Waals surface area contributed by atoms with Gasteiger partial charge >= 0.3 is 6.18 Å². The highest BCUT2D eigenvalue weighted by Crippen LogP contribution is 2.36. The van der Waals surface area contributed by atoms with E-state index in [1.807, 2.05) is 0 Å². The van der Waals surface area contributed by atoms with Crippen LogP contribution in [0, 0.1) is 0 Å². The number of alkyl halides is 3. The zero-order valence-corrected chi connectivity index (χ0v) is 15.2. The van der Waals surface area contributed by atoms with Gasteiger partial charge < -0.3 is 14.6 Å². The number of carbonyl (C=O) groups excluding carboxylic acids is 1. The summed E-state index contributed by atoms with van der Waals surface area (Å²) < 4.78 is 45.1. The molecule has 3 aromatic rings. The molecule has 0 unspecified atom stereocenters. The van der Waals surface area contributed by atoms with Crippen molar-refractivity contribution in [3.05, 3.63) is 76.3 Å². The van der Waals surface area contributed by atoms with Crippen molar-refractivity contribution in [3.8, 4) is 11.3 Å². The summed E-state index contributed by atoms with van der Waals surface area (Å²) in [6.07, 6.45) is -3.18. The van der Waals surface area contributed by atoms with Gasteiger partial charge in [0.2, 0.25) is 0 Å². The van der Waals surface area contributed by atoms with E-state index in [0.29, 0.717) is 16.8 Å². The second-order valence-corrected chi connectivity index (χ2v) is 6.57. The molecule has 148 valence electrons. The van der Waals surface area contributed by atoms with Crippen molar-refractivity contribution in [2.24, 2.45) is 0 Å². The number of ether oxygens (including phenoxy) is 1. The number of fused-ring (bicyclic) bond motifs is 1. The standard InChI is InChI=1S/C21H15F3N2O3/c1-29-14-10-19(27)26(11-14)13-7-6-12-8-18(25-20(28)16(12)9-13)15-4-2-3-5-17(15)21(22,23)24/h2-10H,11H2,1H3,(H,25,28). The Hall–Kier alpha value is -3.55. The van der Waals surface area contributed by atoms with Gasteiger partial charge in [0.15, 0.2) is 0 Å². The number of nitrogens with one attached hydrogen (secondary N) is 1. The third-order valence-corrected chi connectivity index (χ3v) is 4.79. The van der Waals surface area contributed by atoms with Crippen LogP contribution in [0.5, 0.6) is 0 Å². The lowest BCUT2D eigenvalue weighted by Gasteiger charge is -2.17. The minimum absolute atomic E-state index is 0.0729. The Balaban J connectivity index is 1.79. The van der Waals surface area contributed by atoms with Gasteiger partial charge in [0.25, 0.3) is 11.5 Å². The highest BCUT2D eigenvalue weighted by molar-refractivity contribution is 6.05. The van der Waals surface area contributed by atoms with E-state index in [2.05, 4.69) is 4.98 Å². The Bertz CT molecular complexity index is 1210. The summed E-state index contributed by atoms with van der Waals surface area (Å²) in [5.41, 5.74) is -0.898. The molecule has 2 aromatic carbocycles. The molecule has 1 aliphatic heterocycles. The van der Waals surface area contributed by atoms with Gasteiger partial charge in [-0.15, -0.1) is 0 Å². The molecule has 8 heteroatoms. The fraction of sp³-hybridized carbons (Fsp3) is 0.143.